The van der Waals surface area contributed by atoms with E-state index in [4.69, 9.17) is 16.7 Å². The van der Waals surface area contributed by atoms with Crippen LogP contribution in [0.25, 0.3) is 0 Å². The first kappa shape index (κ1) is 19.0. The number of carboxylic acids is 1. The minimum Gasteiger partial charge on any atom is -0.481 e. The Balaban J connectivity index is 2.06. The normalized spacial score (nSPS) is 13.0. The molecular weight excluding hydrogens is 338 g/mol. The van der Waals surface area contributed by atoms with Gasteiger partial charge in [-0.05, 0) is 43.0 Å². The van der Waals surface area contributed by atoms with Crippen molar-refractivity contribution in [2.45, 2.75) is 38.1 Å². The van der Waals surface area contributed by atoms with E-state index in [9.17, 15) is 9.59 Å². The molecule has 0 aromatic heterocycles. The molecule has 0 heterocycles. The lowest BCUT2D eigenvalue weighted by Gasteiger charge is -2.21. The summed E-state index contributed by atoms with van der Waals surface area (Å²) < 4.78 is 0. The summed E-state index contributed by atoms with van der Waals surface area (Å²) in [6.07, 6.45) is 1.00. The molecule has 2 unspecified atom stereocenters. The van der Waals surface area contributed by atoms with Crippen molar-refractivity contribution in [3.05, 3.63) is 70.7 Å². The largest absolute Gasteiger partial charge is 0.481 e. The Morgan fingerprint density at radius 1 is 1.12 bits per heavy atom. The van der Waals surface area contributed by atoms with Crippen LogP contribution in [0.3, 0.4) is 0 Å². The third-order valence-electron chi connectivity index (χ3n) is 4.12. The number of hydrogen-bond donors (Lipinski definition) is 2. The highest BCUT2D eigenvalue weighted by Crippen LogP contribution is 2.20. The van der Waals surface area contributed by atoms with Crippen LogP contribution in [0.1, 0.15) is 36.8 Å². The molecule has 2 aromatic rings. The third kappa shape index (κ3) is 6.24. The Kier molecular flexibility index (Phi) is 7.02. The van der Waals surface area contributed by atoms with Crippen LogP contribution in [0.4, 0.5) is 0 Å². The van der Waals surface area contributed by atoms with Gasteiger partial charge < -0.3 is 10.4 Å². The van der Waals surface area contributed by atoms with E-state index in [-0.39, 0.29) is 24.3 Å². The molecule has 0 spiro atoms. The van der Waals surface area contributed by atoms with Crippen molar-refractivity contribution in [1.29, 1.82) is 0 Å². The average Bonchev–Trinajstić information content (AvgIpc) is 2.59. The van der Waals surface area contributed by atoms with Crippen molar-refractivity contribution in [2.24, 2.45) is 0 Å². The molecule has 4 nitrogen and oxygen atoms in total. The van der Waals surface area contributed by atoms with Gasteiger partial charge in [0.15, 0.2) is 0 Å². The van der Waals surface area contributed by atoms with Gasteiger partial charge in [0, 0.05) is 17.5 Å². The van der Waals surface area contributed by atoms with E-state index in [2.05, 4.69) is 5.32 Å². The molecule has 1 amide bonds. The Bertz CT molecular complexity index is 718. The van der Waals surface area contributed by atoms with Crippen molar-refractivity contribution in [2.75, 3.05) is 0 Å². The van der Waals surface area contributed by atoms with Gasteiger partial charge in [0.1, 0.15) is 0 Å². The van der Waals surface area contributed by atoms with Crippen molar-refractivity contribution >= 4 is 23.5 Å². The van der Waals surface area contributed by atoms with E-state index in [1.807, 2.05) is 49.4 Å². The number of halogens is 1. The van der Waals surface area contributed by atoms with Crippen molar-refractivity contribution in [3.8, 4) is 0 Å². The standard InChI is InChI=1S/C20H22ClNO3/c1-14(16-8-5-9-17(21)13-16)20(25)22-18(10-11-19(23)24)12-15-6-3-2-4-7-15/h2-9,13-14,18H,10-12H2,1H3,(H,22,25)(H,23,24). The van der Waals surface area contributed by atoms with E-state index < -0.39 is 5.97 Å². The van der Waals surface area contributed by atoms with Crippen LogP contribution in [0.15, 0.2) is 54.6 Å². The molecule has 0 aliphatic heterocycles. The van der Waals surface area contributed by atoms with Gasteiger partial charge in [-0.25, -0.2) is 0 Å². The number of rotatable bonds is 8. The molecule has 0 saturated heterocycles. The highest BCUT2D eigenvalue weighted by atomic mass is 35.5. The van der Waals surface area contributed by atoms with Crippen LogP contribution in [0.2, 0.25) is 5.02 Å². The number of amides is 1. The average molecular weight is 360 g/mol. The number of hydrogen-bond acceptors (Lipinski definition) is 2. The maximum absolute atomic E-state index is 12.6. The van der Waals surface area contributed by atoms with Gasteiger partial charge in [-0.15, -0.1) is 0 Å². The van der Waals surface area contributed by atoms with Gasteiger partial charge in [0.2, 0.25) is 5.91 Å². The number of carboxylic acid groups (broad SMARTS) is 1. The first-order valence-corrected chi connectivity index (χ1v) is 8.65. The van der Waals surface area contributed by atoms with E-state index >= 15 is 0 Å². The van der Waals surface area contributed by atoms with E-state index in [1.165, 1.54) is 0 Å². The summed E-state index contributed by atoms with van der Waals surface area (Å²) in [5, 5.41) is 12.5. The number of carbonyl (C=O) groups excluding carboxylic acids is 1. The second-order valence-corrected chi connectivity index (χ2v) is 6.54. The molecule has 0 aliphatic carbocycles. The molecule has 132 valence electrons. The van der Waals surface area contributed by atoms with Crippen LogP contribution in [0.5, 0.6) is 0 Å². The molecule has 0 fully saturated rings. The quantitative estimate of drug-likeness (QED) is 0.747. The lowest BCUT2D eigenvalue weighted by Crippen LogP contribution is -2.39. The minimum absolute atomic E-state index is 0.0172. The van der Waals surface area contributed by atoms with E-state index in [1.54, 1.807) is 12.1 Å². The number of aliphatic carboxylic acids is 1. The van der Waals surface area contributed by atoms with Crippen LogP contribution < -0.4 is 5.32 Å². The predicted octanol–water partition coefficient (Wildman–Crippen LogP) is 4.04. The zero-order chi connectivity index (χ0) is 18.2. The topological polar surface area (TPSA) is 66.4 Å². The molecule has 0 radical (unpaired) electrons. The molecule has 25 heavy (non-hydrogen) atoms. The number of benzene rings is 2. The fourth-order valence-corrected chi connectivity index (χ4v) is 2.87. The summed E-state index contributed by atoms with van der Waals surface area (Å²) in [7, 11) is 0. The second kappa shape index (κ2) is 9.23. The van der Waals surface area contributed by atoms with Gasteiger partial charge in [-0.2, -0.15) is 0 Å². The maximum atomic E-state index is 12.6. The Labute approximate surface area is 152 Å². The number of carbonyl (C=O) groups is 2. The van der Waals surface area contributed by atoms with E-state index in [0.29, 0.717) is 17.9 Å². The molecule has 0 bridgehead atoms. The van der Waals surface area contributed by atoms with Crippen molar-refractivity contribution in [3.63, 3.8) is 0 Å². The summed E-state index contributed by atoms with van der Waals surface area (Å²) >= 11 is 5.99. The molecule has 5 heteroatoms. The van der Waals surface area contributed by atoms with Crippen LogP contribution in [0, 0.1) is 0 Å². The zero-order valence-corrected chi connectivity index (χ0v) is 14.9. The highest BCUT2D eigenvalue weighted by Gasteiger charge is 2.20. The molecular formula is C20H22ClNO3. The van der Waals surface area contributed by atoms with Gasteiger partial charge >= 0.3 is 5.97 Å². The zero-order valence-electron chi connectivity index (χ0n) is 14.1. The summed E-state index contributed by atoms with van der Waals surface area (Å²) in [5.41, 5.74) is 1.90. The third-order valence-corrected chi connectivity index (χ3v) is 4.36. The lowest BCUT2D eigenvalue weighted by molar-refractivity contribution is -0.137. The lowest BCUT2D eigenvalue weighted by atomic mass is 9.97. The molecule has 2 rings (SSSR count). The van der Waals surface area contributed by atoms with Crippen molar-refractivity contribution < 1.29 is 14.7 Å². The monoisotopic (exact) mass is 359 g/mol. The molecule has 2 atom stereocenters. The minimum atomic E-state index is -0.866. The van der Waals surface area contributed by atoms with Gasteiger partial charge in [0.25, 0.3) is 0 Å². The molecule has 2 aromatic carbocycles. The molecule has 0 saturated carbocycles. The first-order chi connectivity index (χ1) is 12.0. The van der Waals surface area contributed by atoms with Gasteiger partial charge in [-0.3, -0.25) is 9.59 Å². The molecule has 2 N–H and O–H groups in total. The summed E-state index contributed by atoms with van der Waals surface area (Å²) in [6, 6.07) is 16.7. The van der Waals surface area contributed by atoms with Crippen molar-refractivity contribution in [1.82, 2.24) is 5.32 Å². The Morgan fingerprint density at radius 3 is 2.48 bits per heavy atom. The van der Waals surface area contributed by atoms with Gasteiger partial charge in [0.05, 0.1) is 5.92 Å². The Hall–Kier alpha value is -2.33. The maximum Gasteiger partial charge on any atom is 0.303 e. The van der Waals surface area contributed by atoms with Crippen LogP contribution in [-0.4, -0.2) is 23.0 Å². The van der Waals surface area contributed by atoms with E-state index in [0.717, 1.165) is 11.1 Å². The number of nitrogens with one attached hydrogen (secondary N) is 1. The highest BCUT2D eigenvalue weighted by molar-refractivity contribution is 6.30. The second-order valence-electron chi connectivity index (χ2n) is 6.10. The van der Waals surface area contributed by atoms with Crippen LogP contribution >= 0.6 is 11.6 Å². The summed E-state index contributed by atoms with van der Waals surface area (Å²) in [6.45, 7) is 1.82. The first-order valence-electron chi connectivity index (χ1n) is 8.27. The fourth-order valence-electron chi connectivity index (χ4n) is 2.68. The SMILES string of the molecule is CC(C(=O)NC(CCC(=O)O)Cc1ccccc1)c1cccc(Cl)c1. The Morgan fingerprint density at radius 2 is 1.84 bits per heavy atom. The fraction of sp³-hybridized carbons (Fsp3) is 0.300. The molecule has 0 aliphatic rings. The summed E-state index contributed by atoms with van der Waals surface area (Å²) in [4.78, 5) is 23.5. The summed E-state index contributed by atoms with van der Waals surface area (Å²) in [5.74, 6) is -1.36. The van der Waals surface area contributed by atoms with Gasteiger partial charge in [-0.1, -0.05) is 54.1 Å². The smallest absolute Gasteiger partial charge is 0.303 e. The predicted molar refractivity (Wildman–Crippen MR) is 98.8 cm³/mol. The van der Waals surface area contributed by atoms with Crippen LogP contribution in [-0.2, 0) is 16.0 Å².